The van der Waals surface area contributed by atoms with E-state index in [-0.39, 0.29) is 37.1 Å². The minimum atomic E-state index is -0.450. The van der Waals surface area contributed by atoms with Crippen molar-refractivity contribution in [1.29, 1.82) is 0 Å². The number of anilines is 2. The van der Waals surface area contributed by atoms with Crippen molar-refractivity contribution in [1.82, 2.24) is 0 Å². The smallest absolute Gasteiger partial charge is 0.344 e. The van der Waals surface area contributed by atoms with E-state index in [9.17, 15) is 14.4 Å². The summed E-state index contributed by atoms with van der Waals surface area (Å²) in [6.45, 7) is 5.35. The highest BCUT2D eigenvalue weighted by Gasteiger charge is 2.38. The third kappa shape index (κ3) is 5.78. The molecule has 3 aromatic rings. The maximum absolute atomic E-state index is 13.7. The van der Waals surface area contributed by atoms with Crippen molar-refractivity contribution in [3.63, 3.8) is 0 Å². The van der Waals surface area contributed by atoms with E-state index in [0.717, 1.165) is 16.9 Å². The molecular formula is C29H29ClN2O5. The lowest BCUT2D eigenvalue weighted by atomic mass is 9.89. The van der Waals surface area contributed by atoms with Gasteiger partial charge in [0, 0.05) is 34.9 Å². The minimum Gasteiger partial charge on any atom is -0.482 e. The van der Waals surface area contributed by atoms with E-state index in [0.29, 0.717) is 22.8 Å². The Bertz CT molecular complexity index is 1280. The predicted molar refractivity (Wildman–Crippen MR) is 143 cm³/mol. The Hall–Kier alpha value is -3.84. The van der Waals surface area contributed by atoms with Crippen molar-refractivity contribution in [3.8, 4) is 5.75 Å². The number of rotatable bonds is 7. The fraction of sp³-hybridized carbons (Fsp3) is 0.276. The maximum atomic E-state index is 13.7. The number of amides is 2. The highest BCUT2D eigenvalue weighted by atomic mass is 35.5. The van der Waals surface area contributed by atoms with Gasteiger partial charge in [-0.15, -0.1) is 0 Å². The van der Waals surface area contributed by atoms with Gasteiger partial charge in [0.1, 0.15) is 5.75 Å². The molecular weight excluding hydrogens is 492 g/mol. The third-order valence-corrected chi connectivity index (χ3v) is 6.55. The fourth-order valence-electron chi connectivity index (χ4n) is 4.70. The Labute approximate surface area is 221 Å². The molecule has 7 nitrogen and oxygen atoms in total. The van der Waals surface area contributed by atoms with E-state index in [2.05, 4.69) is 0 Å². The van der Waals surface area contributed by atoms with E-state index < -0.39 is 5.97 Å². The van der Waals surface area contributed by atoms with Gasteiger partial charge in [0.15, 0.2) is 6.61 Å². The van der Waals surface area contributed by atoms with Crippen molar-refractivity contribution >= 4 is 40.8 Å². The number of benzene rings is 3. The number of ether oxygens (including phenoxy) is 2. The monoisotopic (exact) mass is 520 g/mol. The van der Waals surface area contributed by atoms with Crippen LogP contribution in [-0.4, -0.2) is 37.0 Å². The van der Waals surface area contributed by atoms with Crippen LogP contribution in [0, 0.1) is 0 Å². The third-order valence-electron chi connectivity index (χ3n) is 6.30. The zero-order valence-corrected chi connectivity index (χ0v) is 21.8. The van der Waals surface area contributed by atoms with Gasteiger partial charge in [0.2, 0.25) is 5.91 Å². The molecule has 3 aromatic carbocycles. The summed E-state index contributed by atoms with van der Waals surface area (Å²) in [5.41, 5.74) is 2.90. The summed E-state index contributed by atoms with van der Waals surface area (Å²) in [6, 6.07) is 21.1. The topological polar surface area (TPSA) is 76.2 Å². The Kier molecular flexibility index (Phi) is 8.14. The van der Waals surface area contributed by atoms with Crippen LogP contribution < -0.4 is 14.5 Å². The number of hydrogen-bond acceptors (Lipinski definition) is 5. The largest absolute Gasteiger partial charge is 0.482 e. The molecule has 2 atom stereocenters. The van der Waals surface area contributed by atoms with Gasteiger partial charge in [0.05, 0.1) is 12.6 Å². The molecule has 0 unspecified atom stereocenters. The molecule has 37 heavy (non-hydrogen) atoms. The Morgan fingerprint density at radius 3 is 2.32 bits per heavy atom. The molecule has 0 saturated carbocycles. The van der Waals surface area contributed by atoms with Gasteiger partial charge in [-0.3, -0.25) is 9.59 Å². The summed E-state index contributed by atoms with van der Waals surface area (Å²) < 4.78 is 10.3. The summed E-state index contributed by atoms with van der Waals surface area (Å²) in [5.74, 6) is -0.227. The maximum Gasteiger partial charge on any atom is 0.344 e. The number of carbonyl (C=O) groups is 3. The minimum absolute atomic E-state index is 0.0903. The van der Waals surface area contributed by atoms with Crippen molar-refractivity contribution < 1.29 is 23.9 Å². The van der Waals surface area contributed by atoms with Gasteiger partial charge in [-0.05, 0) is 80.4 Å². The lowest BCUT2D eigenvalue weighted by Gasteiger charge is -2.43. The van der Waals surface area contributed by atoms with Gasteiger partial charge < -0.3 is 19.3 Å². The summed E-state index contributed by atoms with van der Waals surface area (Å²) in [4.78, 5) is 41.6. The number of para-hydroxylation sites is 1. The summed E-state index contributed by atoms with van der Waals surface area (Å²) >= 11 is 6.08. The Balaban J connectivity index is 1.61. The first-order valence-electron chi connectivity index (χ1n) is 12.2. The molecule has 4 rings (SSSR count). The molecule has 1 aliphatic heterocycles. The van der Waals surface area contributed by atoms with Crippen molar-refractivity contribution in [2.24, 2.45) is 0 Å². The zero-order valence-electron chi connectivity index (χ0n) is 21.0. The van der Waals surface area contributed by atoms with Gasteiger partial charge >= 0.3 is 5.97 Å². The van der Waals surface area contributed by atoms with Crippen LogP contribution >= 0.6 is 11.6 Å². The van der Waals surface area contributed by atoms with Crippen LogP contribution in [0.25, 0.3) is 0 Å². The molecule has 0 spiro atoms. The van der Waals surface area contributed by atoms with E-state index in [1.807, 2.05) is 43.3 Å². The predicted octanol–water partition coefficient (Wildman–Crippen LogP) is 5.82. The number of fused-ring (bicyclic) bond motifs is 1. The van der Waals surface area contributed by atoms with Gasteiger partial charge in [-0.2, -0.15) is 0 Å². The molecule has 1 aliphatic rings. The van der Waals surface area contributed by atoms with Crippen LogP contribution in [0.15, 0.2) is 72.8 Å². The number of nitrogens with zero attached hydrogens (tertiary/aromatic N) is 2. The number of esters is 1. The van der Waals surface area contributed by atoms with Crippen LogP contribution in [0.4, 0.5) is 11.4 Å². The molecule has 0 aromatic heterocycles. The highest BCUT2D eigenvalue weighted by molar-refractivity contribution is 6.30. The van der Waals surface area contributed by atoms with E-state index in [1.54, 1.807) is 60.0 Å². The first-order valence-corrected chi connectivity index (χ1v) is 12.5. The number of carbonyl (C=O) groups excluding carboxylic acids is 3. The second-order valence-corrected chi connectivity index (χ2v) is 9.25. The van der Waals surface area contributed by atoms with Crippen LogP contribution in [0.5, 0.6) is 5.75 Å². The van der Waals surface area contributed by atoms with E-state index >= 15 is 0 Å². The van der Waals surface area contributed by atoms with Crippen molar-refractivity contribution in [2.75, 3.05) is 23.0 Å². The quantitative estimate of drug-likeness (QED) is 0.367. The van der Waals surface area contributed by atoms with Crippen molar-refractivity contribution in [3.05, 3.63) is 88.9 Å². The summed E-state index contributed by atoms with van der Waals surface area (Å²) in [5, 5.41) is 0.596. The molecule has 8 heteroatoms. The first-order chi connectivity index (χ1) is 17.8. The van der Waals surface area contributed by atoms with Crippen LogP contribution in [0.2, 0.25) is 5.02 Å². The SMILES string of the molecule is CCOC(=O)COc1ccc(C(=O)N2c3ccccc3[C@H](N(C(C)=O)c3ccc(Cl)cc3)C[C@@H]2C)cc1. The molecule has 0 bridgehead atoms. The Morgan fingerprint density at radius 2 is 1.68 bits per heavy atom. The van der Waals surface area contributed by atoms with E-state index in [4.69, 9.17) is 21.1 Å². The standard InChI is InChI=1S/C29H29ClN2O5/c1-4-36-28(34)18-37-24-15-9-21(10-16-24)29(35)31-19(2)17-27(25-7-5-6-8-26(25)31)32(20(3)33)23-13-11-22(30)12-14-23/h5-16,19,27H,4,17-18H2,1-3H3/t19-,27+/m0/s1. The number of hydrogen-bond donors (Lipinski definition) is 0. The second-order valence-electron chi connectivity index (χ2n) is 8.82. The summed E-state index contributed by atoms with van der Waals surface area (Å²) in [6.07, 6.45) is 0.561. The molecule has 0 N–H and O–H groups in total. The van der Waals surface area contributed by atoms with E-state index in [1.165, 1.54) is 0 Å². The molecule has 0 aliphatic carbocycles. The molecule has 0 radical (unpaired) electrons. The van der Waals surface area contributed by atoms with Crippen LogP contribution in [0.3, 0.4) is 0 Å². The average molecular weight is 521 g/mol. The first kappa shape index (κ1) is 26.2. The second kappa shape index (κ2) is 11.5. The lowest BCUT2D eigenvalue weighted by Crippen LogP contribution is -2.47. The molecule has 192 valence electrons. The normalized spacial score (nSPS) is 16.5. The molecule has 0 saturated heterocycles. The summed E-state index contributed by atoms with van der Waals surface area (Å²) in [7, 11) is 0. The molecule has 0 fully saturated rings. The fourth-order valence-corrected chi connectivity index (χ4v) is 4.82. The molecule has 2 amide bonds. The average Bonchev–Trinajstić information content (AvgIpc) is 2.89. The zero-order chi connectivity index (χ0) is 26.5. The molecule has 1 heterocycles. The highest BCUT2D eigenvalue weighted by Crippen LogP contribution is 2.42. The van der Waals surface area contributed by atoms with Crippen LogP contribution in [0.1, 0.15) is 49.2 Å². The van der Waals surface area contributed by atoms with Crippen LogP contribution in [-0.2, 0) is 14.3 Å². The number of halogens is 1. The van der Waals surface area contributed by atoms with Crippen molar-refractivity contribution in [2.45, 2.75) is 39.3 Å². The van der Waals surface area contributed by atoms with Gasteiger partial charge in [0.25, 0.3) is 5.91 Å². The van der Waals surface area contributed by atoms with Gasteiger partial charge in [-0.1, -0.05) is 29.8 Å². The Morgan fingerprint density at radius 1 is 1.00 bits per heavy atom. The van der Waals surface area contributed by atoms with Gasteiger partial charge in [-0.25, -0.2) is 4.79 Å². The lowest BCUT2D eigenvalue weighted by molar-refractivity contribution is -0.145.